The van der Waals surface area contributed by atoms with Crippen LogP contribution in [0.2, 0.25) is 0 Å². The third kappa shape index (κ3) is 4.68. The molecular formula is C49H27N3O2S. The highest BCUT2D eigenvalue weighted by Gasteiger charge is 2.21. The van der Waals surface area contributed by atoms with Crippen LogP contribution in [0, 0.1) is 0 Å². The molecule has 0 aliphatic rings. The van der Waals surface area contributed by atoms with Gasteiger partial charge in [0.05, 0.1) is 0 Å². The molecule has 0 amide bonds. The minimum Gasteiger partial charge on any atom is -0.456 e. The highest BCUT2D eigenvalue weighted by molar-refractivity contribution is 7.25. The minimum atomic E-state index is 0.594. The van der Waals surface area contributed by atoms with E-state index in [4.69, 9.17) is 23.8 Å². The molecule has 0 aliphatic carbocycles. The van der Waals surface area contributed by atoms with Crippen LogP contribution in [0.15, 0.2) is 173 Å². The van der Waals surface area contributed by atoms with Gasteiger partial charge in [-0.1, -0.05) is 115 Å². The molecule has 0 unspecified atom stereocenters. The lowest BCUT2D eigenvalue weighted by Gasteiger charge is -2.11. The first-order valence-electron chi connectivity index (χ1n) is 18.3. The van der Waals surface area contributed by atoms with E-state index in [1.54, 1.807) is 11.3 Å². The molecule has 55 heavy (non-hydrogen) atoms. The van der Waals surface area contributed by atoms with E-state index in [1.807, 2.05) is 36.4 Å². The zero-order valence-electron chi connectivity index (χ0n) is 29.2. The molecule has 0 atom stereocenters. The standard InChI is InChI=1S/C49H27N3O2S/c1-2-11-29-26-31(23-22-28(29)10-1)47-50-48(52-49(51-47)37-16-9-21-43-46(37)35-13-4-6-20-42(35)55-43)36-15-8-19-40-45(36)34-25-24-30(27-41(34)54-40)32-14-7-18-39-44(32)33-12-3-5-17-38(33)53-39/h1-27H. The Morgan fingerprint density at radius 2 is 0.927 bits per heavy atom. The summed E-state index contributed by atoms with van der Waals surface area (Å²) in [6.45, 7) is 0. The summed E-state index contributed by atoms with van der Waals surface area (Å²) >= 11 is 1.79. The number of aromatic nitrogens is 3. The fourth-order valence-electron chi connectivity index (χ4n) is 8.23. The summed E-state index contributed by atoms with van der Waals surface area (Å²) in [5.74, 6) is 1.85. The molecule has 256 valence electrons. The molecule has 0 bridgehead atoms. The maximum Gasteiger partial charge on any atom is 0.164 e. The Hall–Kier alpha value is -7.15. The van der Waals surface area contributed by atoms with Crippen LogP contribution in [0.4, 0.5) is 0 Å². The maximum absolute atomic E-state index is 6.64. The van der Waals surface area contributed by atoms with Gasteiger partial charge in [-0.3, -0.25) is 0 Å². The molecule has 0 aliphatic heterocycles. The van der Waals surface area contributed by atoms with Gasteiger partial charge in [0.1, 0.15) is 22.3 Å². The number of para-hydroxylation sites is 1. The van der Waals surface area contributed by atoms with Crippen molar-refractivity contribution >= 4 is 86.2 Å². The van der Waals surface area contributed by atoms with Crippen molar-refractivity contribution in [2.45, 2.75) is 0 Å². The highest BCUT2D eigenvalue weighted by atomic mass is 32.1. The maximum atomic E-state index is 6.64. The second kappa shape index (κ2) is 11.7. The molecule has 4 aromatic heterocycles. The van der Waals surface area contributed by atoms with Crippen LogP contribution in [0.1, 0.15) is 0 Å². The molecule has 0 fully saturated rings. The molecule has 8 aromatic carbocycles. The third-order valence-electron chi connectivity index (χ3n) is 10.7. The fourth-order valence-corrected chi connectivity index (χ4v) is 9.36. The predicted octanol–water partition coefficient (Wildman–Crippen LogP) is 13.9. The predicted molar refractivity (Wildman–Crippen MR) is 227 cm³/mol. The average molecular weight is 722 g/mol. The van der Waals surface area contributed by atoms with Gasteiger partial charge < -0.3 is 8.83 Å². The summed E-state index contributed by atoms with van der Waals surface area (Å²) in [4.78, 5) is 15.7. The molecular weight excluding hydrogens is 695 g/mol. The number of fused-ring (bicyclic) bond motifs is 10. The molecule has 6 heteroatoms. The lowest BCUT2D eigenvalue weighted by molar-refractivity contribution is 0.668. The van der Waals surface area contributed by atoms with Crippen molar-refractivity contribution in [2.75, 3.05) is 0 Å². The lowest BCUT2D eigenvalue weighted by Crippen LogP contribution is -2.00. The van der Waals surface area contributed by atoms with Gasteiger partial charge in [-0.15, -0.1) is 11.3 Å². The van der Waals surface area contributed by atoms with Crippen LogP contribution in [-0.2, 0) is 0 Å². The summed E-state index contributed by atoms with van der Waals surface area (Å²) in [5, 5.41) is 8.82. The van der Waals surface area contributed by atoms with Crippen molar-refractivity contribution in [3.05, 3.63) is 164 Å². The zero-order valence-corrected chi connectivity index (χ0v) is 30.0. The first-order valence-corrected chi connectivity index (χ1v) is 19.1. The van der Waals surface area contributed by atoms with E-state index in [2.05, 4.69) is 127 Å². The van der Waals surface area contributed by atoms with Crippen molar-refractivity contribution in [1.82, 2.24) is 15.0 Å². The molecule has 0 N–H and O–H groups in total. The molecule has 0 saturated heterocycles. The van der Waals surface area contributed by atoms with E-state index in [9.17, 15) is 0 Å². The first kappa shape index (κ1) is 30.3. The van der Waals surface area contributed by atoms with E-state index < -0.39 is 0 Å². The van der Waals surface area contributed by atoms with E-state index in [0.717, 1.165) is 82.5 Å². The molecule has 0 spiro atoms. The Balaban J connectivity index is 1.08. The number of furan rings is 2. The van der Waals surface area contributed by atoms with Gasteiger partial charge in [-0.05, 0) is 70.4 Å². The van der Waals surface area contributed by atoms with Gasteiger partial charge in [0, 0.05) is 58.4 Å². The second-order valence-electron chi connectivity index (χ2n) is 13.9. The number of benzene rings is 8. The summed E-state index contributed by atoms with van der Waals surface area (Å²) in [7, 11) is 0. The van der Waals surface area contributed by atoms with Crippen molar-refractivity contribution in [3.63, 3.8) is 0 Å². The molecule has 12 aromatic rings. The Morgan fingerprint density at radius 3 is 1.78 bits per heavy atom. The number of thiophene rings is 1. The van der Waals surface area contributed by atoms with E-state index >= 15 is 0 Å². The lowest BCUT2D eigenvalue weighted by atomic mass is 9.97. The van der Waals surface area contributed by atoms with Crippen molar-refractivity contribution < 1.29 is 8.83 Å². The van der Waals surface area contributed by atoms with Gasteiger partial charge in [-0.2, -0.15) is 0 Å². The molecule has 4 heterocycles. The minimum absolute atomic E-state index is 0.594. The van der Waals surface area contributed by atoms with Crippen molar-refractivity contribution in [3.8, 4) is 45.3 Å². The van der Waals surface area contributed by atoms with Gasteiger partial charge in [0.15, 0.2) is 17.5 Å². The van der Waals surface area contributed by atoms with Crippen molar-refractivity contribution in [1.29, 1.82) is 0 Å². The summed E-state index contributed by atoms with van der Waals surface area (Å²) < 4.78 is 15.3. The van der Waals surface area contributed by atoms with Gasteiger partial charge >= 0.3 is 0 Å². The van der Waals surface area contributed by atoms with Crippen LogP contribution in [0.25, 0.3) is 120 Å². The van der Waals surface area contributed by atoms with Crippen molar-refractivity contribution in [2.24, 2.45) is 0 Å². The number of rotatable bonds is 4. The third-order valence-corrected chi connectivity index (χ3v) is 11.9. The van der Waals surface area contributed by atoms with E-state index in [1.165, 1.54) is 20.2 Å². The Bertz CT molecular complexity index is 3520. The van der Waals surface area contributed by atoms with E-state index in [0.29, 0.717) is 17.5 Å². The quantitative estimate of drug-likeness (QED) is 0.181. The largest absolute Gasteiger partial charge is 0.456 e. The van der Waals surface area contributed by atoms with Crippen LogP contribution in [0.3, 0.4) is 0 Å². The molecule has 0 saturated carbocycles. The van der Waals surface area contributed by atoms with Crippen LogP contribution in [0.5, 0.6) is 0 Å². The fraction of sp³-hybridized carbons (Fsp3) is 0. The second-order valence-corrected chi connectivity index (χ2v) is 15.0. The van der Waals surface area contributed by atoms with E-state index in [-0.39, 0.29) is 0 Å². The topological polar surface area (TPSA) is 65.0 Å². The summed E-state index contributed by atoms with van der Waals surface area (Å²) in [6.07, 6.45) is 0. The van der Waals surface area contributed by atoms with Gasteiger partial charge in [-0.25, -0.2) is 15.0 Å². The van der Waals surface area contributed by atoms with Crippen LogP contribution >= 0.6 is 11.3 Å². The SMILES string of the molecule is c1ccc2cc(-c3nc(-c4cccc5oc6cc(-c7cccc8oc9ccccc9c78)ccc6c45)nc(-c4cccc5sc6ccccc6c45)n3)ccc2c1. The number of hydrogen-bond acceptors (Lipinski definition) is 6. The molecule has 5 nitrogen and oxygen atoms in total. The Morgan fingerprint density at radius 1 is 0.345 bits per heavy atom. The Kier molecular flexibility index (Phi) is 6.44. The normalized spacial score (nSPS) is 12.0. The number of hydrogen-bond donors (Lipinski definition) is 0. The Labute approximate surface area is 317 Å². The molecule has 0 radical (unpaired) electrons. The zero-order chi connectivity index (χ0) is 36.0. The summed E-state index contributed by atoms with van der Waals surface area (Å²) in [6, 6.07) is 56.8. The molecule has 12 rings (SSSR count). The van der Waals surface area contributed by atoms with Crippen LogP contribution < -0.4 is 0 Å². The first-order chi connectivity index (χ1) is 27.2. The summed E-state index contributed by atoms with van der Waals surface area (Å²) in [5.41, 5.74) is 8.27. The van der Waals surface area contributed by atoms with Crippen LogP contribution in [-0.4, -0.2) is 15.0 Å². The van der Waals surface area contributed by atoms with Gasteiger partial charge in [0.25, 0.3) is 0 Å². The smallest absolute Gasteiger partial charge is 0.164 e. The van der Waals surface area contributed by atoms with Gasteiger partial charge in [0.2, 0.25) is 0 Å². The monoisotopic (exact) mass is 721 g/mol. The average Bonchev–Trinajstić information content (AvgIpc) is 3.94. The highest BCUT2D eigenvalue weighted by Crippen LogP contribution is 2.43. The number of nitrogens with zero attached hydrogens (tertiary/aromatic N) is 3.